The first-order valence-electron chi connectivity index (χ1n) is 7.90. The molecule has 2 N–H and O–H groups in total. The zero-order valence-electron chi connectivity index (χ0n) is 11.8. The van der Waals surface area contributed by atoms with Gasteiger partial charge in [-0.1, -0.05) is 0 Å². The quantitative estimate of drug-likeness (QED) is 0.852. The van der Waals surface area contributed by atoms with Gasteiger partial charge in [0.2, 0.25) is 5.95 Å². The fourth-order valence-corrected chi connectivity index (χ4v) is 3.84. The fourth-order valence-electron chi connectivity index (χ4n) is 3.84. The second-order valence-electron chi connectivity index (χ2n) is 6.24. The van der Waals surface area contributed by atoms with Gasteiger partial charge < -0.3 is 15.0 Å². The molecule has 0 spiro atoms. The largest absolute Gasteiger partial charge is 0.378 e. The summed E-state index contributed by atoms with van der Waals surface area (Å²) in [5.41, 5.74) is 0. The molecule has 4 heterocycles. The smallest absolute Gasteiger partial charge is 0.245 e. The van der Waals surface area contributed by atoms with Crippen LogP contribution in [-0.4, -0.2) is 53.6 Å². The Morgan fingerprint density at radius 2 is 2.25 bits per heavy atom. The van der Waals surface area contributed by atoms with Gasteiger partial charge in [0.1, 0.15) is 5.82 Å². The van der Waals surface area contributed by atoms with Crippen molar-refractivity contribution in [1.82, 2.24) is 20.5 Å². The van der Waals surface area contributed by atoms with Gasteiger partial charge in [0.25, 0.3) is 0 Å². The van der Waals surface area contributed by atoms with E-state index in [1.54, 1.807) is 0 Å². The molecule has 4 rings (SSSR count). The molecule has 3 saturated heterocycles. The second kappa shape index (κ2) is 5.33. The Hall–Kier alpha value is -1.14. The van der Waals surface area contributed by atoms with Gasteiger partial charge in [0.05, 0.1) is 6.10 Å². The van der Waals surface area contributed by atoms with Crippen molar-refractivity contribution in [3.05, 3.63) is 5.82 Å². The minimum atomic E-state index is 0.332. The Morgan fingerprint density at radius 1 is 1.25 bits per heavy atom. The molecule has 20 heavy (non-hydrogen) atoms. The Kier molecular flexibility index (Phi) is 3.36. The van der Waals surface area contributed by atoms with Gasteiger partial charge in [0.15, 0.2) is 0 Å². The van der Waals surface area contributed by atoms with E-state index in [9.17, 15) is 0 Å². The molecule has 0 bridgehead atoms. The van der Waals surface area contributed by atoms with Gasteiger partial charge in [-0.15, -0.1) is 5.10 Å². The average Bonchev–Trinajstić information content (AvgIpc) is 3.19. The topological polar surface area (TPSA) is 66.1 Å². The maximum absolute atomic E-state index is 5.67. The highest BCUT2D eigenvalue weighted by Gasteiger charge is 2.36. The van der Waals surface area contributed by atoms with Crippen LogP contribution in [0.3, 0.4) is 0 Å². The summed E-state index contributed by atoms with van der Waals surface area (Å²) in [6.45, 7) is 4.20. The molecule has 6 heteroatoms. The van der Waals surface area contributed by atoms with E-state index in [1.807, 2.05) is 0 Å². The molecule has 0 amide bonds. The van der Waals surface area contributed by atoms with Crippen LogP contribution in [0.15, 0.2) is 0 Å². The van der Waals surface area contributed by atoms with Gasteiger partial charge in [-0.25, -0.2) is 0 Å². The van der Waals surface area contributed by atoms with E-state index in [4.69, 9.17) is 9.72 Å². The first-order valence-corrected chi connectivity index (χ1v) is 7.90. The molecule has 3 aliphatic rings. The Bertz CT molecular complexity index is 456. The van der Waals surface area contributed by atoms with Crippen molar-refractivity contribution in [2.24, 2.45) is 5.92 Å². The van der Waals surface area contributed by atoms with E-state index in [0.29, 0.717) is 12.1 Å². The van der Waals surface area contributed by atoms with Crippen LogP contribution in [0.2, 0.25) is 0 Å². The summed E-state index contributed by atoms with van der Waals surface area (Å²) in [4.78, 5) is 7.10. The van der Waals surface area contributed by atoms with Crippen LogP contribution < -0.4 is 10.2 Å². The van der Waals surface area contributed by atoms with Crippen molar-refractivity contribution < 1.29 is 4.74 Å². The molecular weight excluding hydrogens is 254 g/mol. The highest BCUT2D eigenvalue weighted by molar-refractivity contribution is 5.33. The van der Waals surface area contributed by atoms with Gasteiger partial charge in [0, 0.05) is 38.7 Å². The first kappa shape index (κ1) is 12.6. The fraction of sp³-hybridized carbons (Fsp3) is 0.857. The van der Waals surface area contributed by atoms with Crippen molar-refractivity contribution in [1.29, 1.82) is 0 Å². The molecule has 1 aromatic heterocycles. The summed E-state index contributed by atoms with van der Waals surface area (Å²) in [6.07, 6.45) is 6.10. The van der Waals surface area contributed by atoms with Gasteiger partial charge in [-0.3, -0.25) is 5.10 Å². The summed E-state index contributed by atoms with van der Waals surface area (Å²) in [7, 11) is 0. The van der Waals surface area contributed by atoms with E-state index < -0.39 is 0 Å². The molecule has 3 fully saturated rings. The van der Waals surface area contributed by atoms with Crippen LogP contribution in [0.4, 0.5) is 5.95 Å². The summed E-state index contributed by atoms with van der Waals surface area (Å²) in [5.74, 6) is 2.63. The van der Waals surface area contributed by atoms with Crippen molar-refractivity contribution in [2.45, 2.75) is 44.2 Å². The SMILES string of the molecule is C1COC(Cc2nc(N3CCCC4CNCC43)n[nH]2)C1. The van der Waals surface area contributed by atoms with Gasteiger partial charge in [-0.05, 0) is 31.6 Å². The van der Waals surface area contributed by atoms with Crippen LogP contribution in [0.5, 0.6) is 0 Å². The van der Waals surface area contributed by atoms with E-state index in [1.165, 1.54) is 19.3 Å². The highest BCUT2D eigenvalue weighted by Crippen LogP contribution is 2.29. The van der Waals surface area contributed by atoms with Crippen molar-refractivity contribution >= 4 is 5.95 Å². The Labute approximate surface area is 119 Å². The number of aromatic amines is 1. The number of nitrogens with zero attached hydrogens (tertiary/aromatic N) is 3. The number of H-pyrrole nitrogens is 1. The molecule has 3 aliphatic heterocycles. The number of aromatic nitrogens is 3. The molecule has 1 aromatic rings. The number of rotatable bonds is 3. The number of ether oxygens (including phenoxy) is 1. The number of anilines is 1. The lowest BCUT2D eigenvalue weighted by atomic mass is 9.92. The third-order valence-electron chi connectivity index (χ3n) is 4.90. The lowest BCUT2D eigenvalue weighted by Gasteiger charge is -2.36. The number of piperidine rings is 1. The maximum atomic E-state index is 5.67. The monoisotopic (exact) mass is 277 g/mol. The first-order chi connectivity index (χ1) is 9.90. The average molecular weight is 277 g/mol. The minimum Gasteiger partial charge on any atom is -0.378 e. The standard InChI is InChI=1S/C14H23N5O/c1-3-10-8-15-9-12(10)19(5-1)14-16-13(17-18-14)7-11-4-2-6-20-11/h10-12,15H,1-9H2,(H,16,17,18). The molecule has 6 nitrogen and oxygen atoms in total. The summed E-state index contributed by atoms with van der Waals surface area (Å²) in [5, 5.41) is 11.1. The zero-order chi connectivity index (χ0) is 13.4. The van der Waals surface area contributed by atoms with Crippen LogP contribution in [0.25, 0.3) is 0 Å². The van der Waals surface area contributed by atoms with Crippen LogP contribution in [-0.2, 0) is 11.2 Å². The normalized spacial score (nSPS) is 33.6. The van der Waals surface area contributed by atoms with Crippen molar-refractivity contribution in [3.8, 4) is 0 Å². The lowest BCUT2D eigenvalue weighted by Crippen LogP contribution is -2.45. The number of fused-ring (bicyclic) bond motifs is 1. The molecule has 0 radical (unpaired) electrons. The molecule has 3 atom stereocenters. The van der Waals surface area contributed by atoms with Gasteiger partial charge in [-0.2, -0.15) is 4.98 Å². The van der Waals surface area contributed by atoms with Crippen LogP contribution >= 0.6 is 0 Å². The number of hydrogen-bond donors (Lipinski definition) is 2. The number of nitrogens with one attached hydrogen (secondary N) is 2. The second-order valence-corrected chi connectivity index (χ2v) is 6.24. The third-order valence-corrected chi connectivity index (χ3v) is 4.90. The molecule has 110 valence electrons. The lowest BCUT2D eigenvalue weighted by molar-refractivity contribution is 0.110. The molecule has 0 saturated carbocycles. The Balaban J connectivity index is 1.46. The van der Waals surface area contributed by atoms with Crippen molar-refractivity contribution in [2.75, 3.05) is 31.1 Å². The zero-order valence-corrected chi connectivity index (χ0v) is 11.8. The Morgan fingerprint density at radius 3 is 3.15 bits per heavy atom. The minimum absolute atomic E-state index is 0.332. The highest BCUT2D eigenvalue weighted by atomic mass is 16.5. The predicted molar refractivity (Wildman–Crippen MR) is 75.8 cm³/mol. The van der Waals surface area contributed by atoms with Gasteiger partial charge >= 0.3 is 0 Å². The molecule has 3 unspecified atom stereocenters. The molecule has 0 aromatic carbocycles. The summed E-state index contributed by atoms with van der Waals surface area (Å²) in [6, 6.07) is 0.579. The maximum Gasteiger partial charge on any atom is 0.245 e. The van der Waals surface area contributed by atoms with Crippen LogP contribution in [0.1, 0.15) is 31.5 Å². The third kappa shape index (κ3) is 2.31. The van der Waals surface area contributed by atoms with E-state index in [-0.39, 0.29) is 0 Å². The van der Waals surface area contributed by atoms with E-state index >= 15 is 0 Å². The number of hydrogen-bond acceptors (Lipinski definition) is 5. The summed E-state index contributed by atoms with van der Waals surface area (Å²) >= 11 is 0. The van der Waals surface area contributed by atoms with Crippen LogP contribution in [0, 0.1) is 5.92 Å². The molecule has 0 aliphatic carbocycles. The predicted octanol–water partition coefficient (Wildman–Crippen LogP) is 0.714. The molecular formula is C14H23N5O. The van der Waals surface area contributed by atoms with E-state index in [0.717, 1.165) is 56.8 Å². The van der Waals surface area contributed by atoms with Crippen molar-refractivity contribution in [3.63, 3.8) is 0 Å². The van der Waals surface area contributed by atoms with E-state index in [2.05, 4.69) is 20.4 Å². The summed E-state index contributed by atoms with van der Waals surface area (Å²) < 4.78 is 5.67.